The Labute approximate surface area is 131 Å². The molecule has 0 aliphatic heterocycles. The van der Waals surface area contributed by atoms with Gasteiger partial charge in [-0.3, -0.25) is 9.48 Å². The maximum absolute atomic E-state index is 11.7. The lowest BCUT2D eigenvalue weighted by Gasteiger charge is -2.02. The summed E-state index contributed by atoms with van der Waals surface area (Å²) >= 11 is 3.32. The zero-order chi connectivity index (χ0) is 15.1. The molecule has 0 spiro atoms. The fourth-order valence-corrected chi connectivity index (χ4v) is 2.03. The molecule has 0 radical (unpaired) electrons. The van der Waals surface area contributed by atoms with Gasteiger partial charge in [-0.15, -0.1) is 0 Å². The fraction of sp³-hybridized carbons (Fsp3) is 0.200. The number of halogens is 1. The van der Waals surface area contributed by atoms with E-state index in [-0.39, 0.29) is 5.91 Å². The van der Waals surface area contributed by atoms with Crippen molar-refractivity contribution < 1.29 is 9.53 Å². The predicted octanol–water partition coefficient (Wildman–Crippen LogP) is 2.48. The molecule has 110 valence electrons. The monoisotopic (exact) mass is 349 g/mol. The van der Waals surface area contributed by atoms with Gasteiger partial charge in [-0.05, 0) is 39.7 Å². The smallest absolute Gasteiger partial charge is 0.244 e. The van der Waals surface area contributed by atoms with E-state index in [0.717, 1.165) is 15.8 Å². The third-order valence-corrected chi connectivity index (χ3v) is 3.19. The van der Waals surface area contributed by atoms with Crippen LogP contribution < -0.4 is 10.1 Å². The summed E-state index contributed by atoms with van der Waals surface area (Å²) in [6, 6.07) is 7.49. The second kappa shape index (κ2) is 7.64. The van der Waals surface area contributed by atoms with Gasteiger partial charge in [0.1, 0.15) is 5.75 Å². The molecular formula is C15H16BrN3O2. The number of rotatable bonds is 6. The summed E-state index contributed by atoms with van der Waals surface area (Å²) in [5.74, 6) is 0.666. The molecule has 0 bridgehead atoms. The second-order valence-electron chi connectivity index (χ2n) is 4.32. The van der Waals surface area contributed by atoms with E-state index in [4.69, 9.17) is 4.74 Å². The highest BCUT2D eigenvalue weighted by molar-refractivity contribution is 9.10. The van der Waals surface area contributed by atoms with Gasteiger partial charge >= 0.3 is 0 Å². The first-order chi connectivity index (χ1) is 10.2. The Hall–Kier alpha value is -2.08. The Balaban J connectivity index is 1.76. The molecule has 5 nitrogen and oxygen atoms in total. The molecule has 2 rings (SSSR count). The van der Waals surface area contributed by atoms with Gasteiger partial charge in [0.25, 0.3) is 0 Å². The van der Waals surface area contributed by atoms with Crippen molar-refractivity contribution >= 4 is 27.9 Å². The van der Waals surface area contributed by atoms with E-state index in [9.17, 15) is 4.79 Å². The molecule has 1 aromatic heterocycles. The van der Waals surface area contributed by atoms with E-state index in [1.54, 1.807) is 24.1 Å². The van der Waals surface area contributed by atoms with E-state index in [0.29, 0.717) is 13.1 Å². The quantitative estimate of drug-likeness (QED) is 0.815. The van der Waals surface area contributed by atoms with Gasteiger partial charge < -0.3 is 10.1 Å². The van der Waals surface area contributed by atoms with Crippen LogP contribution in [0.2, 0.25) is 0 Å². The summed E-state index contributed by atoms with van der Waals surface area (Å²) in [5.41, 5.74) is 0.946. The number of hydrogen-bond donors (Lipinski definition) is 1. The van der Waals surface area contributed by atoms with Crippen LogP contribution in [0.4, 0.5) is 0 Å². The molecule has 21 heavy (non-hydrogen) atoms. The zero-order valence-corrected chi connectivity index (χ0v) is 13.2. The molecule has 1 amide bonds. The minimum absolute atomic E-state index is 0.128. The number of carbonyl (C=O) groups excluding carboxylic acids is 1. The average molecular weight is 350 g/mol. The van der Waals surface area contributed by atoms with E-state index >= 15 is 0 Å². The maximum Gasteiger partial charge on any atom is 0.244 e. The first kappa shape index (κ1) is 15.3. The van der Waals surface area contributed by atoms with Crippen LogP contribution in [0.15, 0.2) is 47.2 Å². The number of aromatic nitrogens is 2. The van der Waals surface area contributed by atoms with E-state index in [2.05, 4.69) is 26.3 Å². The maximum atomic E-state index is 11.7. The number of benzene rings is 1. The highest BCUT2D eigenvalue weighted by Gasteiger charge is 1.98. The van der Waals surface area contributed by atoms with Gasteiger partial charge in [0, 0.05) is 18.8 Å². The lowest BCUT2D eigenvalue weighted by atomic mass is 10.2. The van der Waals surface area contributed by atoms with Crippen LogP contribution in [-0.2, 0) is 11.3 Å². The summed E-state index contributed by atoms with van der Waals surface area (Å²) in [6.45, 7) is 1.16. The Morgan fingerprint density at radius 2 is 2.19 bits per heavy atom. The standard InChI is InChI=1S/C15H16BrN3O2/c1-21-14-5-2-12(3-6-14)4-7-15(20)17-8-9-19-11-13(16)10-18-19/h2-7,10-11H,8-9H2,1H3,(H,17,20)/b7-4+. The first-order valence-electron chi connectivity index (χ1n) is 6.45. The molecule has 0 saturated heterocycles. The van der Waals surface area contributed by atoms with Crippen molar-refractivity contribution in [2.24, 2.45) is 0 Å². The molecule has 0 unspecified atom stereocenters. The van der Waals surface area contributed by atoms with Crippen LogP contribution >= 0.6 is 15.9 Å². The van der Waals surface area contributed by atoms with Crippen LogP contribution in [-0.4, -0.2) is 29.3 Å². The highest BCUT2D eigenvalue weighted by atomic mass is 79.9. The second-order valence-corrected chi connectivity index (χ2v) is 5.23. The number of carbonyl (C=O) groups is 1. The van der Waals surface area contributed by atoms with Crippen LogP contribution in [0.3, 0.4) is 0 Å². The first-order valence-corrected chi connectivity index (χ1v) is 7.24. The Kier molecular flexibility index (Phi) is 5.57. The van der Waals surface area contributed by atoms with Crippen LogP contribution in [0.1, 0.15) is 5.56 Å². The number of hydrogen-bond acceptors (Lipinski definition) is 3. The minimum atomic E-state index is -0.128. The molecule has 0 aliphatic rings. The van der Waals surface area contributed by atoms with Gasteiger partial charge in [0.05, 0.1) is 24.3 Å². The molecule has 1 N–H and O–H groups in total. The molecule has 6 heteroatoms. The topological polar surface area (TPSA) is 56.1 Å². The number of ether oxygens (including phenoxy) is 1. The Morgan fingerprint density at radius 1 is 1.43 bits per heavy atom. The summed E-state index contributed by atoms with van der Waals surface area (Å²) in [7, 11) is 1.62. The highest BCUT2D eigenvalue weighted by Crippen LogP contribution is 2.12. The lowest BCUT2D eigenvalue weighted by Crippen LogP contribution is -2.25. The van der Waals surface area contributed by atoms with Crippen molar-refractivity contribution in [2.45, 2.75) is 6.54 Å². The third-order valence-electron chi connectivity index (χ3n) is 2.78. The van der Waals surface area contributed by atoms with Gasteiger partial charge in [0.15, 0.2) is 0 Å². The fourth-order valence-electron chi connectivity index (χ4n) is 1.70. The van der Waals surface area contributed by atoms with Crippen molar-refractivity contribution in [3.63, 3.8) is 0 Å². The van der Waals surface area contributed by atoms with E-state index in [1.807, 2.05) is 30.5 Å². The van der Waals surface area contributed by atoms with Crippen LogP contribution in [0.5, 0.6) is 5.75 Å². The number of nitrogens with one attached hydrogen (secondary N) is 1. The molecule has 0 fully saturated rings. The molecule has 2 aromatic rings. The average Bonchev–Trinajstić information content (AvgIpc) is 2.91. The normalized spacial score (nSPS) is 10.8. The lowest BCUT2D eigenvalue weighted by molar-refractivity contribution is -0.116. The predicted molar refractivity (Wildman–Crippen MR) is 85.0 cm³/mol. The largest absolute Gasteiger partial charge is 0.497 e. The molecular weight excluding hydrogens is 334 g/mol. The van der Waals surface area contributed by atoms with Crippen molar-refractivity contribution in [3.05, 3.63) is 52.8 Å². The van der Waals surface area contributed by atoms with Gasteiger partial charge in [-0.2, -0.15) is 5.10 Å². The molecule has 0 saturated carbocycles. The van der Waals surface area contributed by atoms with Crippen molar-refractivity contribution in [1.82, 2.24) is 15.1 Å². The van der Waals surface area contributed by atoms with E-state index in [1.165, 1.54) is 6.08 Å². The van der Waals surface area contributed by atoms with Crippen molar-refractivity contribution in [3.8, 4) is 5.75 Å². The van der Waals surface area contributed by atoms with Crippen LogP contribution in [0.25, 0.3) is 6.08 Å². The van der Waals surface area contributed by atoms with Gasteiger partial charge in [-0.25, -0.2) is 0 Å². The molecule has 1 heterocycles. The summed E-state index contributed by atoms with van der Waals surface area (Å²) in [4.78, 5) is 11.7. The number of nitrogens with zero attached hydrogens (tertiary/aromatic N) is 2. The Bertz CT molecular complexity index is 620. The van der Waals surface area contributed by atoms with E-state index < -0.39 is 0 Å². The Morgan fingerprint density at radius 3 is 2.81 bits per heavy atom. The summed E-state index contributed by atoms with van der Waals surface area (Å²) in [6.07, 6.45) is 6.85. The third kappa shape index (κ3) is 5.07. The van der Waals surface area contributed by atoms with Crippen molar-refractivity contribution in [1.29, 1.82) is 0 Å². The molecule has 0 aliphatic carbocycles. The van der Waals surface area contributed by atoms with Gasteiger partial charge in [0.2, 0.25) is 5.91 Å². The summed E-state index contributed by atoms with van der Waals surface area (Å²) < 4.78 is 7.76. The van der Waals surface area contributed by atoms with Crippen LogP contribution in [0, 0.1) is 0 Å². The number of methoxy groups -OCH3 is 1. The SMILES string of the molecule is COc1ccc(/C=C/C(=O)NCCn2cc(Br)cn2)cc1. The zero-order valence-electron chi connectivity index (χ0n) is 11.6. The van der Waals surface area contributed by atoms with Crippen molar-refractivity contribution in [2.75, 3.05) is 13.7 Å². The summed E-state index contributed by atoms with van der Waals surface area (Å²) in [5, 5.41) is 6.92. The molecule has 1 aromatic carbocycles. The number of amides is 1. The van der Waals surface area contributed by atoms with Gasteiger partial charge in [-0.1, -0.05) is 12.1 Å². The molecule has 0 atom stereocenters. The minimum Gasteiger partial charge on any atom is -0.497 e.